The number of hydrogen-bond donors (Lipinski definition) is 0. The second-order valence-corrected chi connectivity index (χ2v) is 15.2. The molecule has 2 saturated heterocycles. The van der Waals surface area contributed by atoms with Gasteiger partial charge in [-0.05, 0) is 45.5 Å². The maximum atomic E-state index is 13.0. The van der Waals surface area contributed by atoms with E-state index in [0.29, 0.717) is 0 Å². The standard InChI is InChI=1S/C49H52O12/c1-31-24-25-40(39-23-15-14-22-38(31)39)43-46(57-33(3)51)45(41(59-43)29-53-26-35-16-8-5-9-17-35)61-49-48(55-28-37-20-12-7-13-21-37)47(58-34(4)52)44(56-32(2)50)42(60-49)30-54-27-36-18-10-6-11-19-36/h5-25,41-49H,26-30H2,1-4H3/t41-,42-,43?,44-,45-,46+,47+,48-,49-/m1/s1. The molecule has 0 spiro atoms. The van der Waals surface area contributed by atoms with Gasteiger partial charge in [-0.15, -0.1) is 0 Å². The van der Waals surface area contributed by atoms with Crippen molar-refractivity contribution in [2.24, 2.45) is 0 Å². The molecule has 0 amide bonds. The summed E-state index contributed by atoms with van der Waals surface area (Å²) in [6.07, 6.45) is -9.44. The Morgan fingerprint density at radius 2 is 0.967 bits per heavy atom. The Morgan fingerprint density at radius 1 is 0.492 bits per heavy atom. The third-order valence-corrected chi connectivity index (χ3v) is 10.7. The Balaban J connectivity index is 1.27. The van der Waals surface area contributed by atoms with E-state index < -0.39 is 73.0 Å². The van der Waals surface area contributed by atoms with Crippen LogP contribution in [0, 0.1) is 6.92 Å². The van der Waals surface area contributed by atoms with Gasteiger partial charge in [0, 0.05) is 20.8 Å². The lowest BCUT2D eigenvalue weighted by Crippen LogP contribution is -2.63. The van der Waals surface area contributed by atoms with Gasteiger partial charge >= 0.3 is 17.9 Å². The van der Waals surface area contributed by atoms with E-state index in [-0.39, 0.29) is 33.0 Å². The minimum Gasteiger partial charge on any atom is -0.457 e. The summed E-state index contributed by atoms with van der Waals surface area (Å²) in [4.78, 5) is 38.6. The maximum absolute atomic E-state index is 13.0. The summed E-state index contributed by atoms with van der Waals surface area (Å²) in [5.74, 6) is -1.81. The van der Waals surface area contributed by atoms with Crippen molar-refractivity contribution in [3.8, 4) is 0 Å². The highest BCUT2D eigenvalue weighted by Gasteiger charge is 2.56. The molecule has 61 heavy (non-hydrogen) atoms. The SMILES string of the molecule is CC(=O)O[C@@H]1[C@@H](OCc2ccccc2)[C@@H](O[C@@H]2[C@@H](COCc3ccccc3)OC(c3ccc(C)c4ccccc34)[C@@H]2OC(C)=O)O[C@H](COCc2ccccc2)[C@H]1OC(C)=O. The van der Waals surface area contributed by atoms with Gasteiger partial charge in [0.2, 0.25) is 0 Å². The summed E-state index contributed by atoms with van der Waals surface area (Å²) >= 11 is 0. The van der Waals surface area contributed by atoms with Crippen LogP contribution in [0.4, 0.5) is 0 Å². The molecule has 320 valence electrons. The fourth-order valence-corrected chi connectivity index (χ4v) is 7.93. The van der Waals surface area contributed by atoms with E-state index in [2.05, 4.69) is 0 Å². The average molecular weight is 833 g/mol. The molecule has 0 saturated carbocycles. The third-order valence-electron chi connectivity index (χ3n) is 10.7. The highest BCUT2D eigenvalue weighted by atomic mass is 16.7. The van der Waals surface area contributed by atoms with Crippen molar-refractivity contribution < 1.29 is 57.0 Å². The zero-order valence-electron chi connectivity index (χ0n) is 34.8. The molecule has 12 heteroatoms. The predicted octanol–water partition coefficient (Wildman–Crippen LogP) is 7.51. The molecule has 7 rings (SSSR count). The van der Waals surface area contributed by atoms with Crippen molar-refractivity contribution >= 4 is 28.7 Å². The molecular weight excluding hydrogens is 781 g/mol. The molecule has 5 aromatic rings. The molecule has 2 fully saturated rings. The first-order chi connectivity index (χ1) is 29.6. The highest BCUT2D eigenvalue weighted by Crippen LogP contribution is 2.43. The molecule has 0 aromatic heterocycles. The summed E-state index contributed by atoms with van der Waals surface area (Å²) in [6.45, 7) is 6.45. The quantitative estimate of drug-likeness (QED) is 0.0678. The minimum absolute atomic E-state index is 0.0486. The molecule has 2 aliphatic rings. The molecule has 0 aliphatic carbocycles. The molecule has 0 N–H and O–H groups in total. The Morgan fingerprint density at radius 3 is 1.52 bits per heavy atom. The molecule has 2 aliphatic heterocycles. The monoisotopic (exact) mass is 832 g/mol. The number of hydrogen-bond acceptors (Lipinski definition) is 12. The van der Waals surface area contributed by atoms with Gasteiger partial charge in [-0.25, -0.2) is 0 Å². The van der Waals surface area contributed by atoms with Crippen LogP contribution in [0.25, 0.3) is 10.8 Å². The smallest absolute Gasteiger partial charge is 0.303 e. The number of fused-ring (bicyclic) bond motifs is 1. The third kappa shape index (κ3) is 11.3. The summed E-state index contributed by atoms with van der Waals surface area (Å²) in [6, 6.07) is 40.7. The van der Waals surface area contributed by atoms with E-state index in [1.54, 1.807) is 0 Å². The Kier molecular flexibility index (Phi) is 14.9. The fourth-order valence-electron chi connectivity index (χ4n) is 7.93. The first-order valence-electron chi connectivity index (χ1n) is 20.5. The molecule has 1 unspecified atom stereocenters. The van der Waals surface area contributed by atoms with Crippen LogP contribution >= 0.6 is 0 Å². The first kappa shape index (κ1) is 43.6. The van der Waals surface area contributed by atoms with Crippen molar-refractivity contribution in [2.45, 2.75) is 103 Å². The summed E-state index contributed by atoms with van der Waals surface area (Å²) in [7, 11) is 0. The van der Waals surface area contributed by atoms with Gasteiger partial charge in [-0.2, -0.15) is 0 Å². The zero-order valence-corrected chi connectivity index (χ0v) is 34.8. The van der Waals surface area contributed by atoms with Crippen molar-refractivity contribution in [2.75, 3.05) is 13.2 Å². The van der Waals surface area contributed by atoms with E-state index in [1.807, 2.05) is 134 Å². The van der Waals surface area contributed by atoms with Crippen LogP contribution in [0.2, 0.25) is 0 Å². The van der Waals surface area contributed by atoms with Crippen molar-refractivity contribution in [3.05, 3.63) is 155 Å². The van der Waals surface area contributed by atoms with E-state index in [1.165, 1.54) is 20.8 Å². The van der Waals surface area contributed by atoms with E-state index in [9.17, 15) is 14.4 Å². The van der Waals surface area contributed by atoms with Gasteiger partial charge in [0.05, 0.1) is 33.0 Å². The summed E-state index contributed by atoms with van der Waals surface area (Å²) < 4.78 is 57.6. The zero-order chi connectivity index (χ0) is 42.7. The number of ether oxygens (including phenoxy) is 9. The largest absolute Gasteiger partial charge is 0.457 e. The Hall–Kier alpha value is -5.47. The van der Waals surface area contributed by atoms with E-state index >= 15 is 0 Å². The predicted molar refractivity (Wildman–Crippen MR) is 224 cm³/mol. The normalized spacial score (nSPS) is 24.9. The molecule has 0 radical (unpaired) electrons. The van der Waals surface area contributed by atoms with Crippen molar-refractivity contribution in [1.29, 1.82) is 0 Å². The Bertz CT molecular complexity index is 2200. The topological polar surface area (TPSA) is 134 Å². The number of esters is 3. The van der Waals surface area contributed by atoms with Crippen LogP contribution in [-0.4, -0.2) is 80.1 Å². The van der Waals surface area contributed by atoms with Crippen LogP contribution in [0.1, 0.15) is 54.7 Å². The number of benzene rings is 5. The first-order valence-corrected chi connectivity index (χ1v) is 20.5. The minimum atomic E-state index is -1.30. The maximum Gasteiger partial charge on any atom is 0.303 e. The van der Waals surface area contributed by atoms with Gasteiger partial charge in [0.15, 0.2) is 24.6 Å². The van der Waals surface area contributed by atoms with Gasteiger partial charge in [-0.1, -0.05) is 127 Å². The molecular formula is C49H52O12. The van der Waals surface area contributed by atoms with Crippen LogP contribution in [0.5, 0.6) is 0 Å². The van der Waals surface area contributed by atoms with Crippen molar-refractivity contribution in [3.63, 3.8) is 0 Å². The number of rotatable bonds is 17. The summed E-state index contributed by atoms with van der Waals surface area (Å²) in [5, 5.41) is 1.96. The fraction of sp³-hybridized carbons (Fsp3) is 0.367. The van der Waals surface area contributed by atoms with Crippen LogP contribution in [0.3, 0.4) is 0 Å². The number of carbonyl (C=O) groups excluding carboxylic acids is 3. The van der Waals surface area contributed by atoms with E-state index in [4.69, 9.17) is 42.6 Å². The van der Waals surface area contributed by atoms with Crippen LogP contribution < -0.4 is 0 Å². The second-order valence-electron chi connectivity index (χ2n) is 15.2. The molecule has 5 aromatic carbocycles. The van der Waals surface area contributed by atoms with Gasteiger partial charge in [-0.3, -0.25) is 14.4 Å². The lowest BCUT2D eigenvalue weighted by atomic mass is 9.93. The van der Waals surface area contributed by atoms with E-state index in [0.717, 1.165) is 38.6 Å². The highest BCUT2D eigenvalue weighted by molar-refractivity contribution is 5.89. The van der Waals surface area contributed by atoms with Crippen molar-refractivity contribution in [1.82, 2.24) is 0 Å². The van der Waals surface area contributed by atoms with Gasteiger partial charge in [0.1, 0.15) is 30.5 Å². The lowest BCUT2D eigenvalue weighted by Gasteiger charge is -2.45. The number of carbonyl (C=O) groups is 3. The molecule has 0 bridgehead atoms. The molecule has 9 atom stereocenters. The Labute approximate surface area is 355 Å². The van der Waals surface area contributed by atoms with Crippen LogP contribution in [-0.2, 0) is 76.8 Å². The second kappa shape index (κ2) is 20.9. The van der Waals surface area contributed by atoms with Gasteiger partial charge in [0.25, 0.3) is 0 Å². The lowest BCUT2D eigenvalue weighted by molar-refractivity contribution is -0.331. The summed E-state index contributed by atoms with van der Waals surface area (Å²) in [5.41, 5.74) is 4.56. The number of aryl methyl sites for hydroxylation is 1. The molecule has 12 nitrogen and oxygen atoms in total. The average Bonchev–Trinajstić information content (AvgIpc) is 3.57. The molecule has 2 heterocycles. The van der Waals surface area contributed by atoms with Crippen LogP contribution in [0.15, 0.2) is 127 Å². The van der Waals surface area contributed by atoms with Gasteiger partial charge < -0.3 is 42.6 Å².